The lowest BCUT2D eigenvalue weighted by atomic mass is 10.0. The topological polar surface area (TPSA) is 66.5 Å². The van der Waals surface area contributed by atoms with Gasteiger partial charge in [-0.2, -0.15) is 4.98 Å². The molecule has 0 atom stereocenters. The number of aliphatic imine (C=N–C) groups is 1. The lowest BCUT2D eigenvalue weighted by Gasteiger charge is -2.31. The molecule has 0 saturated heterocycles. The van der Waals surface area contributed by atoms with Gasteiger partial charge in [0, 0.05) is 38.5 Å². The Morgan fingerprint density at radius 1 is 1.31 bits per heavy atom. The molecule has 6 heteroatoms. The molecule has 0 fully saturated rings. The van der Waals surface area contributed by atoms with Crippen molar-refractivity contribution in [1.29, 1.82) is 0 Å². The molecular formula is C20H29N5O. The highest BCUT2D eigenvalue weighted by molar-refractivity contribution is 5.80. The van der Waals surface area contributed by atoms with E-state index in [4.69, 9.17) is 9.52 Å². The van der Waals surface area contributed by atoms with Crippen LogP contribution >= 0.6 is 0 Å². The molecule has 0 unspecified atom stereocenters. The molecule has 0 amide bonds. The Labute approximate surface area is 155 Å². The maximum absolute atomic E-state index is 5.30. The molecule has 1 aromatic carbocycles. The maximum Gasteiger partial charge on any atom is 0.226 e. The molecule has 0 aliphatic carbocycles. The number of nitrogens with one attached hydrogen (secondary N) is 1. The summed E-state index contributed by atoms with van der Waals surface area (Å²) >= 11 is 0. The molecule has 26 heavy (non-hydrogen) atoms. The molecule has 0 bridgehead atoms. The fourth-order valence-electron chi connectivity index (χ4n) is 3.12. The van der Waals surface area contributed by atoms with E-state index in [0.717, 1.165) is 57.2 Å². The molecule has 1 N–H and O–H groups in total. The van der Waals surface area contributed by atoms with Crippen molar-refractivity contribution < 1.29 is 4.52 Å². The van der Waals surface area contributed by atoms with Crippen LogP contribution in [0.5, 0.6) is 0 Å². The van der Waals surface area contributed by atoms with E-state index < -0.39 is 0 Å². The third-order valence-electron chi connectivity index (χ3n) is 4.58. The Balaban J connectivity index is 1.55. The molecule has 1 aromatic heterocycles. The van der Waals surface area contributed by atoms with Crippen LogP contribution in [0.1, 0.15) is 56.0 Å². The van der Waals surface area contributed by atoms with Gasteiger partial charge in [0.2, 0.25) is 5.89 Å². The van der Waals surface area contributed by atoms with E-state index >= 15 is 0 Å². The van der Waals surface area contributed by atoms with Gasteiger partial charge in [-0.1, -0.05) is 43.3 Å². The van der Waals surface area contributed by atoms with Crippen molar-refractivity contribution in [2.45, 2.75) is 52.5 Å². The molecule has 0 radical (unpaired) electrons. The molecule has 0 saturated carbocycles. The second-order valence-corrected chi connectivity index (χ2v) is 6.98. The van der Waals surface area contributed by atoms with E-state index in [1.807, 2.05) is 0 Å². The second-order valence-electron chi connectivity index (χ2n) is 6.98. The van der Waals surface area contributed by atoms with Crippen molar-refractivity contribution in [2.75, 3.05) is 19.6 Å². The number of aryl methyl sites for hydroxylation is 1. The van der Waals surface area contributed by atoms with Crippen molar-refractivity contribution in [3.8, 4) is 0 Å². The first kappa shape index (κ1) is 18.4. The van der Waals surface area contributed by atoms with Crippen molar-refractivity contribution in [2.24, 2.45) is 4.99 Å². The van der Waals surface area contributed by atoms with Crippen LogP contribution in [0.2, 0.25) is 0 Å². The molecule has 0 spiro atoms. The number of rotatable bonds is 6. The maximum atomic E-state index is 5.30. The highest BCUT2D eigenvalue weighted by Gasteiger charge is 2.18. The van der Waals surface area contributed by atoms with Gasteiger partial charge < -0.3 is 14.7 Å². The van der Waals surface area contributed by atoms with Crippen molar-refractivity contribution in [1.82, 2.24) is 20.4 Å². The van der Waals surface area contributed by atoms with Crippen LogP contribution < -0.4 is 5.32 Å². The summed E-state index contributed by atoms with van der Waals surface area (Å²) in [6.45, 7) is 9.79. The summed E-state index contributed by atoms with van der Waals surface area (Å²) in [5.74, 6) is 2.79. The van der Waals surface area contributed by atoms with Gasteiger partial charge >= 0.3 is 0 Å². The molecule has 2 aromatic rings. The molecule has 3 rings (SSSR count). The van der Waals surface area contributed by atoms with Crippen LogP contribution in [0, 0.1) is 0 Å². The molecule has 2 heterocycles. The molecule has 1 aliphatic rings. The zero-order chi connectivity index (χ0) is 18.4. The largest absolute Gasteiger partial charge is 0.357 e. The highest BCUT2D eigenvalue weighted by atomic mass is 16.5. The number of benzene rings is 1. The van der Waals surface area contributed by atoms with Gasteiger partial charge in [-0.05, 0) is 30.9 Å². The average Bonchev–Trinajstić information content (AvgIpc) is 3.13. The minimum Gasteiger partial charge on any atom is -0.357 e. The Kier molecular flexibility index (Phi) is 6.26. The summed E-state index contributed by atoms with van der Waals surface area (Å²) in [6.07, 6.45) is 2.74. The number of fused-ring (bicyclic) bond motifs is 1. The number of hydrogen-bond acceptors (Lipinski definition) is 4. The van der Waals surface area contributed by atoms with E-state index in [2.05, 4.69) is 65.4 Å². The lowest BCUT2D eigenvalue weighted by molar-refractivity contribution is 0.367. The minimum absolute atomic E-state index is 0.299. The minimum atomic E-state index is 0.299. The molecule has 140 valence electrons. The van der Waals surface area contributed by atoms with Gasteiger partial charge in [0.25, 0.3) is 0 Å². The van der Waals surface area contributed by atoms with E-state index in [-0.39, 0.29) is 0 Å². The van der Waals surface area contributed by atoms with Crippen molar-refractivity contribution in [3.63, 3.8) is 0 Å². The zero-order valence-corrected chi connectivity index (χ0v) is 16.0. The highest BCUT2D eigenvalue weighted by Crippen LogP contribution is 2.18. The molecule has 6 nitrogen and oxygen atoms in total. The first-order chi connectivity index (χ1) is 12.7. The van der Waals surface area contributed by atoms with Crippen molar-refractivity contribution >= 4 is 5.96 Å². The van der Waals surface area contributed by atoms with Gasteiger partial charge in [0.05, 0.1) is 0 Å². The Hall–Kier alpha value is -2.37. The normalized spacial score (nSPS) is 14.6. The molecule has 1 aliphatic heterocycles. The first-order valence-electron chi connectivity index (χ1n) is 9.60. The second kappa shape index (κ2) is 8.83. The van der Waals surface area contributed by atoms with Crippen LogP contribution in [-0.4, -0.2) is 40.6 Å². The van der Waals surface area contributed by atoms with Gasteiger partial charge in [0.15, 0.2) is 11.8 Å². The van der Waals surface area contributed by atoms with E-state index in [0.29, 0.717) is 11.8 Å². The third kappa shape index (κ3) is 4.62. The van der Waals surface area contributed by atoms with E-state index in [1.54, 1.807) is 0 Å². The van der Waals surface area contributed by atoms with Crippen LogP contribution in [0.3, 0.4) is 0 Å². The summed E-state index contributed by atoms with van der Waals surface area (Å²) in [7, 11) is 0. The molecular weight excluding hydrogens is 326 g/mol. The predicted molar refractivity (Wildman–Crippen MR) is 103 cm³/mol. The Morgan fingerprint density at radius 2 is 2.12 bits per heavy atom. The summed E-state index contributed by atoms with van der Waals surface area (Å²) < 4.78 is 5.30. The fourth-order valence-corrected chi connectivity index (χ4v) is 3.12. The van der Waals surface area contributed by atoms with Gasteiger partial charge in [0.1, 0.15) is 0 Å². The van der Waals surface area contributed by atoms with Crippen LogP contribution in [0.25, 0.3) is 0 Å². The summed E-state index contributed by atoms with van der Waals surface area (Å²) in [6, 6.07) is 8.68. The first-order valence-corrected chi connectivity index (χ1v) is 9.60. The number of nitrogens with zero attached hydrogens (tertiary/aromatic N) is 4. The summed E-state index contributed by atoms with van der Waals surface area (Å²) in [5.41, 5.74) is 2.85. The SMILES string of the molecule is CCNC(=NCCCc1nc(C(C)C)no1)N1CCc2ccccc2C1. The smallest absolute Gasteiger partial charge is 0.226 e. The average molecular weight is 355 g/mol. The number of hydrogen-bond donors (Lipinski definition) is 1. The monoisotopic (exact) mass is 355 g/mol. The van der Waals surface area contributed by atoms with Crippen molar-refractivity contribution in [3.05, 3.63) is 47.1 Å². The Bertz CT molecular complexity index is 737. The summed E-state index contributed by atoms with van der Waals surface area (Å²) in [4.78, 5) is 11.6. The number of guanidine groups is 1. The Morgan fingerprint density at radius 3 is 2.85 bits per heavy atom. The third-order valence-corrected chi connectivity index (χ3v) is 4.58. The van der Waals surface area contributed by atoms with Crippen LogP contribution in [0.4, 0.5) is 0 Å². The quantitative estimate of drug-likeness (QED) is 0.490. The summed E-state index contributed by atoms with van der Waals surface area (Å²) in [5, 5.41) is 7.44. The standard InChI is InChI=1S/C20H29N5O/c1-4-21-20(25-13-11-16-8-5-6-9-17(16)14-25)22-12-7-10-18-23-19(15(2)3)24-26-18/h5-6,8-9,15H,4,7,10-14H2,1-3H3,(H,21,22). The van der Waals surface area contributed by atoms with Gasteiger partial charge in [-0.15, -0.1) is 0 Å². The predicted octanol–water partition coefficient (Wildman–Crippen LogP) is 3.15. The van der Waals surface area contributed by atoms with Crippen LogP contribution in [-0.2, 0) is 19.4 Å². The van der Waals surface area contributed by atoms with Gasteiger partial charge in [-0.25, -0.2) is 0 Å². The van der Waals surface area contributed by atoms with Crippen LogP contribution in [0.15, 0.2) is 33.8 Å². The lowest BCUT2D eigenvalue weighted by Crippen LogP contribution is -2.44. The van der Waals surface area contributed by atoms with E-state index in [1.165, 1.54) is 11.1 Å². The fraction of sp³-hybridized carbons (Fsp3) is 0.550. The van der Waals surface area contributed by atoms with E-state index in [9.17, 15) is 0 Å². The zero-order valence-electron chi connectivity index (χ0n) is 16.0. The number of aromatic nitrogens is 2. The van der Waals surface area contributed by atoms with Gasteiger partial charge in [-0.3, -0.25) is 4.99 Å².